The molecule has 0 spiro atoms. The SMILES string of the molecule is C[C@@H](O)COc1cc(Cl)ccc1Cl. The van der Waals surface area contributed by atoms with Gasteiger partial charge in [0.05, 0.1) is 11.1 Å². The van der Waals surface area contributed by atoms with Gasteiger partial charge in [-0.3, -0.25) is 0 Å². The lowest BCUT2D eigenvalue weighted by molar-refractivity contribution is 0.123. The van der Waals surface area contributed by atoms with E-state index in [4.69, 9.17) is 33.0 Å². The van der Waals surface area contributed by atoms with E-state index >= 15 is 0 Å². The maximum atomic E-state index is 8.97. The summed E-state index contributed by atoms with van der Waals surface area (Å²) in [4.78, 5) is 0. The molecule has 0 aliphatic heterocycles. The number of halogens is 2. The zero-order chi connectivity index (χ0) is 9.84. The molecule has 0 amide bonds. The number of hydrogen-bond donors (Lipinski definition) is 1. The molecule has 0 fully saturated rings. The second-order valence-electron chi connectivity index (χ2n) is 2.73. The lowest BCUT2D eigenvalue weighted by atomic mass is 10.3. The first-order valence-electron chi connectivity index (χ1n) is 3.85. The van der Waals surface area contributed by atoms with Crippen molar-refractivity contribution in [3.05, 3.63) is 28.2 Å². The van der Waals surface area contributed by atoms with Gasteiger partial charge in [-0.2, -0.15) is 0 Å². The summed E-state index contributed by atoms with van der Waals surface area (Å²) >= 11 is 11.5. The Morgan fingerprint density at radius 1 is 1.46 bits per heavy atom. The second-order valence-corrected chi connectivity index (χ2v) is 3.58. The van der Waals surface area contributed by atoms with E-state index in [1.54, 1.807) is 25.1 Å². The highest BCUT2D eigenvalue weighted by atomic mass is 35.5. The minimum absolute atomic E-state index is 0.208. The van der Waals surface area contributed by atoms with Crippen LogP contribution < -0.4 is 4.74 Å². The Labute approximate surface area is 87.0 Å². The van der Waals surface area contributed by atoms with E-state index in [1.165, 1.54) is 0 Å². The van der Waals surface area contributed by atoms with Gasteiger partial charge >= 0.3 is 0 Å². The topological polar surface area (TPSA) is 29.5 Å². The molecule has 1 aromatic rings. The van der Waals surface area contributed by atoms with Gasteiger partial charge in [0, 0.05) is 11.1 Å². The van der Waals surface area contributed by atoms with E-state index in [-0.39, 0.29) is 6.61 Å². The number of aliphatic hydroxyl groups is 1. The molecule has 4 heteroatoms. The highest BCUT2D eigenvalue weighted by Crippen LogP contribution is 2.27. The zero-order valence-corrected chi connectivity index (χ0v) is 8.64. The van der Waals surface area contributed by atoms with E-state index in [2.05, 4.69) is 0 Å². The summed E-state index contributed by atoms with van der Waals surface area (Å²) in [6.07, 6.45) is -0.518. The number of aliphatic hydroxyl groups excluding tert-OH is 1. The summed E-state index contributed by atoms with van der Waals surface area (Å²) in [6.45, 7) is 1.85. The van der Waals surface area contributed by atoms with Crippen LogP contribution in [0.4, 0.5) is 0 Å². The van der Waals surface area contributed by atoms with Gasteiger partial charge in [0.1, 0.15) is 12.4 Å². The quantitative estimate of drug-likeness (QED) is 0.850. The third kappa shape index (κ3) is 3.43. The number of hydrogen-bond acceptors (Lipinski definition) is 2. The Morgan fingerprint density at radius 3 is 2.77 bits per heavy atom. The molecule has 0 saturated heterocycles. The van der Waals surface area contributed by atoms with Crippen LogP contribution in [0.15, 0.2) is 18.2 Å². The van der Waals surface area contributed by atoms with Crippen LogP contribution in [-0.2, 0) is 0 Å². The van der Waals surface area contributed by atoms with E-state index in [0.717, 1.165) is 0 Å². The summed E-state index contributed by atoms with van der Waals surface area (Å²) in [5.41, 5.74) is 0. The van der Waals surface area contributed by atoms with Gasteiger partial charge in [-0.25, -0.2) is 0 Å². The molecular formula is C9H10Cl2O2. The van der Waals surface area contributed by atoms with Crippen molar-refractivity contribution in [3.8, 4) is 5.75 Å². The van der Waals surface area contributed by atoms with E-state index < -0.39 is 6.10 Å². The molecule has 1 aromatic carbocycles. The van der Waals surface area contributed by atoms with Gasteiger partial charge in [-0.15, -0.1) is 0 Å². The van der Waals surface area contributed by atoms with Crippen molar-refractivity contribution in [2.75, 3.05) is 6.61 Å². The van der Waals surface area contributed by atoms with Crippen LogP contribution in [0.1, 0.15) is 6.92 Å². The van der Waals surface area contributed by atoms with Crippen LogP contribution in [0, 0.1) is 0 Å². The average molecular weight is 221 g/mol. The first kappa shape index (κ1) is 10.6. The summed E-state index contributed by atoms with van der Waals surface area (Å²) < 4.78 is 5.21. The summed E-state index contributed by atoms with van der Waals surface area (Å²) in [6, 6.07) is 4.95. The van der Waals surface area contributed by atoms with E-state index in [9.17, 15) is 0 Å². The van der Waals surface area contributed by atoms with Crippen molar-refractivity contribution in [2.45, 2.75) is 13.0 Å². The van der Waals surface area contributed by atoms with Crippen molar-refractivity contribution < 1.29 is 9.84 Å². The molecule has 0 aliphatic rings. The van der Waals surface area contributed by atoms with Crippen molar-refractivity contribution in [1.29, 1.82) is 0 Å². The largest absolute Gasteiger partial charge is 0.489 e. The lowest BCUT2D eigenvalue weighted by Gasteiger charge is -2.09. The van der Waals surface area contributed by atoms with Gasteiger partial charge in [0.2, 0.25) is 0 Å². The smallest absolute Gasteiger partial charge is 0.139 e. The molecule has 1 atom stereocenters. The molecule has 0 bridgehead atoms. The Balaban J connectivity index is 2.70. The van der Waals surface area contributed by atoms with Gasteiger partial charge in [0.15, 0.2) is 0 Å². The molecule has 1 rings (SSSR count). The van der Waals surface area contributed by atoms with Crippen LogP contribution in [0.5, 0.6) is 5.75 Å². The first-order valence-corrected chi connectivity index (χ1v) is 4.61. The molecule has 0 radical (unpaired) electrons. The van der Waals surface area contributed by atoms with Gasteiger partial charge in [0.25, 0.3) is 0 Å². The standard InChI is InChI=1S/C9H10Cl2O2/c1-6(12)5-13-9-4-7(10)2-3-8(9)11/h2-4,6,12H,5H2,1H3/t6-/m1/s1. The summed E-state index contributed by atoms with van der Waals surface area (Å²) in [7, 11) is 0. The Hall–Kier alpha value is -0.440. The average Bonchev–Trinajstić information content (AvgIpc) is 2.06. The fourth-order valence-corrected chi connectivity index (χ4v) is 1.13. The molecule has 0 saturated carbocycles. The first-order chi connectivity index (χ1) is 6.09. The van der Waals surface area contributed by atoms with Gasteiger partial charge in [-0.05, 0) is 19.1 Å². The van der Waals surface area contributed by atoms with Crippen LogP contribution in [-0.4, -0.2) is 17.8 Å². The van der Waals surface area contributed by atoms with Crippen molar-refractivity contribution in [3.63, 3.8) is 0 Å². The van der Waals surface area contributed by atoms with Crippen LogP contribution in [0.25, 0.3) is 0 Å². The van der Waals surface area contributed by atoms with E-state index in [1.807, 2.05) is 0 Å². The third-order valence-corrected chi connectivity index (χ3v) is 1.92. The highest BCUT2D eigenvalue weighted by Gasteiger charge is 2.03. The predicted molar refractivity (Wildman–Crippen MR) is 53.6 cm³/mol. The Kier molecular flexibility index (Phi) is 3.85. The van der Waals surface area contributed by atoms with Gasteiger partial charge < -0.3 is 9.84 Å². The van der Waals surface area contributed by atoms with Crippen LogP contribution in [0.2, 0.25) is 10.0 Å². The van der Waals surface area contributed by atoms with E-state index in [0.29, 0.717) is 15.8 Å². The molecule has 0 heterocycles. The third-order valence-electron chi connectivity index (χ3n) is 1.37. The molecule has 0 aliphatic carbocycles. The van der Waals surface area contributed by atoms with Crippen molar-refractivity contribution in [2.24, 2.45) is 0 Å². The highest BCUT2D eigenvalue weighted by molar-refractivity contribution is 6.34. The van der Waals surface area contributed by atoms with Crippen molar-refractivity contribution >= 4 is 23.2 Å². The molecule has 72 valence electrons. The normalized spacial score (nSPS) is 12.6. The maximum Gasteiger partial charge on any atom is 0.139 e. The van der Waals surface area contributed by atoms with Crippen LogP contribution in [0.3, 0.4) is 0 Å². The summed E-state index contributed by atoms with van der Waals surface area (Å²) in [5, 5.41) is 10.0. The predicted octanol–water partition coefficient (Wildman–Crippen LogP) is 2.75. The van der Waals surface area contributed by atoms with Crippen LogP contribution >= 0.6 is 23.2 Å². The minimum atomic E-state index is -0.518. The Bertz CT molecular complexity index is 287. The molecule has 1 N–H and O–H groups in total. The number of rotatable bonds is 3. The fourth-order valence-electron chi connectivity index (χ4n) is 0.798. The van der Waals surface area contributed by atoms with Crippen molar-refractivity contribution in [1.82, 2.24) is 0 Å². The molecular weight excluding hydrogens is 211 g/mol. The molecule has 13 heavy (non-hydrogen) atoms. The number of ether oxygens (including phenoxy) is 1. The van der Waals surface area contributed by atoms with Gasteiger partial charge in [-0.1, -0.05) is 23.2 Å². The molecule has 2 nitrogen and oxygen atoms in total. The second kappa shape index (κ2) is 4.70. The number of benzene rings is 1. The zero-order valence-electron chi connectivity index (χ0n) is 7.13. The molecule has 0 unspecified atom stereocenters. The monoisotopic (exact) mass is 220 g/mol. The summed E-state index contributed by atoms with van der Waals surface area (Å²) in [5.74, 6) is 0.495. The Morgan fingerprint density at radius 2 is 2.15 bits per heavy atom. The fraction of sp³-hybridized carbons (Fsp3) is 0.333. The lowest BCUT2D eigenvalue weighted by Crippen LogP contribution is -2.12. The minimum Gasteiger partial charge on any atom is -0.489 e. The maximum absolute atomic E-state index is 8.97. The molecule has 0 aromatic heterocycles.